The van der Waals surface area contributed by atoms with Crippen molar-refractivity contribution in [1.82, 2.24) is 15.0 Å². The van der Waals surface area contributed by atoms with Gasteiger partial charge in [0.2, 0.25) is 11.7 Å². The van der Waals surface area contributed by atoms with Crippen molar-refractivity contribution in [1.29, 1.82) is 5.26 Å². The topological polar surface area (TPSA) is 105 Å². The summed E-state index contributed by atoms with van der Waals surface area (Å²) in [4.78, 5) is 24.9. The van der Waals surface area contributed by atoms with Crippen LogP contribution in [0.2, 0.25) is 0 Å². The summed E-state index contributed by atoms with van der Waals surface area (Å²) in [6.45, 7) is 0. The smallest absolute Gasteiger partial charge is 0.294 e. The van der Waals surface area contributed by atoms with E-state index in [0.717, 1.165) is 0 Å². The molecule has 0 aliphatic rings. The van der Waals surface area contributed by atoms with Crippen LogP contribution in [-0.4, -0.2) is 20.9 Å². The number of halogens is 1. The SMILES string of the molecule is N#Cc1ccnc(-c2csc(NC(=O)c3cnc(-c4ccc(F)cc4)o3)n2)c1. The van der Waals surface area contributed by atoms with Crippen molar-refractivity contribution in [3.05, 3.63) is 71.3 Å². The summed E-state index contributed by atoms with van der Waals surface area (Å²) in [5.41, 5.74) is 2.11. The maximum atomic E-state index is 13.0. The van der Waals surface area contributed by atoms with Crippen LogP contribution in [0, 0.1) is 17.1 Å². The van der Waals surface area contributed by atoms with E-state index in [1.807, 2.05) is 6.07 Å². The quantitative estimate of drug-likeness (QED) is 0.561. The highest BCUT2D eigenvalue weighted by atomic mass is 32.1. The zero-order valence-corrected chi connectivity index (χ0v) is 14.9. The fraction of sp³-hybridized carbons (Fsp3) is 0. The standard InChI is InChI=1S/C19H10FN5O2S/c20-13-3-1-12(2-4-13)18-23-9-16(27-18)17(26)25-19-24-15(10-28-19)14-7-11(8-21)5-6-22-14/h1-7,9-10H,(H,24,25,26). The molecule has 4 rings (SSSR count). The Morgan fingerprint density at radius 1 is 1.18 bits per heavy atom. The zero-order chi connectivity index (χ0) is 19.5. The third-order valence-electron chi connectivity index (χ3n) is 3.70. The second-order valence-corrected chi connectivity index (χ2v) is 6.43. The molecule has 7 nitrogen and oxygen atoms in total. The van der Waals surface area contributed by atoms with Crippen molar-refractivity contribution in [2.75, 3.05) is 5.32 Å². The summed E-state index contributed by atoms with van der Waals surface area (Å²) in [7, 11) is 0. The number of carbonyl (C=O) groups excluding carboxylic acids is 1. The monoisotopic (exact) mass is 391 g/mol. The number of thiazole rings is 1. The number of hydrogen-bond acceptors (Lipinski definition) is 7. The number of oxazole rings is 1. The summed E-state index contributed by atoms with van der Waals surface area (Å²) in [5, 5.41) is 13.7. The lowest BCUT2D eigenvalue weighted by Crippen LogP contribution is -2.10. The third-order valence-corrected chi connectivity index (χ3v) is 4.45. The molecule has 0 unspecified atom stereocenters. The molecule has 0 fully saturated rings. The van der Waals surface area contributed by atoms with E-state index in [9.17, 15) is 9.18 Å². The molecule has 136 valence electrons. The molecule has 4 aromatic rings. The highest BCUT2D eigenvalue weighted by Crippen LogP contribution is 2.25. The van der Waals surface area contributed by atoms with Gasteiger partial charge in [-0.25, -0.2) is 14.4 Å². The van der Waals surface area contributed by atoms with E-state index >= 15 is 0 Å². The number of nitrogens with zero attached hydrogens (tertiary/aromatic N) is 4. The van der Waals surface area contributed by atoms with Crippen LogP contribution in [0.5, 0.6) is 0 Å². The minimum Gasteiger partial charge on any atom is -0.431 e. The van der Waals surface area contributed by atoms with Gasteiger partial charge in [-0.1, -0.05) is 0 Å². The maximum Gasteiger partial charge on any atom is 0.294 e. The molecule has 0 radical (unpaired) electrons. The summed E-state index contributed by atoms with van der Waals surface area (Å²) >= 11 is 1.22. The van der Waals surface area contributed by atoms with E-state index in [1.54, 1.807) is 17.5 Å². The van der Waals surface area contributed by atoms with Crippen molar-refractivity contribution in [3.8, 4) is 28.9 Å². The van der Waals surface area contributed by atoms with Crippen LogP contribution in [0.15, 0.2) is 58.6 Å². The number of nitriles is 1. The Balaban J connectivity index is 1.49. The van der Waals surface area contributed by atoms with Gasteiger partial charge in [0.05, 0.1) is 23.5 Å². The molecule has 3 heterocycles. The predicted octanol–water partition coefficient (Wildman–Crippen LogP) is 4.12. The van der Waals surface area contributed by atoms with E-state index in [4.69, 9.17) is 9.68 Å². The Bertz CT molecular complexity index is 1190. The number of pyridine rings is 1. The average Bonchev–Trinajstić information content (AvgIpc) is 3.38. The Morgan fingerprint density at radius 2 is 2.00 bits per heavy atom. The lowest BCUT2D eigenvalue weighted by Gasteiger charge is -1.98. The molecule has 1 N–H and O–H groups in total. The number of anilines is 1. The van der Waals surface area contributed by atoms with E-state index in [-0.39, 0.29) is 17.5 Å². The highest BCUT2D eigenvalue weighted by Gasteiger charge is 2.16. The van der Waals surface area contributed by atoms with Gasteiger partial charge in [0.25, 0.3) is 5.91 Å². The molecular weight excluding hydrogens is 381 g/mol. The van der Waals surface area contributed by atoms with Gasteiger partial charge in [0.15, 0.2) is 5.13 Å². The Morgan fingerprint density at radius 3 is 2.79 bits per heavy atom. The van der Waals surface area contributed by atoms with E-state index in [1.165, 1.54) is 48.0 Å². The van der Waals surface area contributed by atoms with Gasteiger partial charge in [-0.05, 0) is 36.4 Å². The molecule has 3 aromatic heterocycles. The van der Waals surface area contributed by atoms with Gasteiger partial charge >= 0.3 is 0 Å². The van der Waals surface area contributed by atoms with E-state index in [0.29, 0.717) is 27.6 Å². The van der Waals surface area contributed by atoms with Gasteiger partial charge in [0.1, 0.15) is 11.5 Å². The average molecular weight is 391 g/mol. The Labute approximate surface area is 162 Å². The highest BCUT2D eigenvalue weighted by molar-refractivity contribution is 7.14. The van der Waals surface area contributed by atoms with E-state index < -0.39 is 5.91 Å². The second-order valence-electron chi connectivity index (χ2n) is 5.57. The number of benzene rings is 1. The normalized spacial score (nSPS) is 10.4. The van der Waals surface area contributed by atoms with Gasteiger partial charge < -0.3 is 4.42 Å². The summed E-state index contributed by atoms with van der Waals surface area (Å²) in [5.74, 6) is -0.675. The van der Waals surface area contributed by atoms with Crippen molar-refractivity contribution < 1.29 is 13.6 Å². The van der Waals surface area contributed by atoms with E-state index in [2.05, 4.69) is 20.3 Å². The minimum atomic E-state index is -0.513. The van der Waals surface area contributed by atoms with Gasteiger partial charge in [-0.3, -0.25) is 15.1 Å². The lowest BCUT2D eigenvalue weighted by molar-refractivity contribution is 0.0997. The number of amides is 1. The van der Waals surface area contributed by atoms with Crippen LogP contribution < -0.4 is 5.32 Å². The van der Waals surface area contributed by atoms with Gasteiger partial charge in [-0.15, -0.1) is 11.3 Å². The van der Waals surface area contributed by atoms with Crippen LogP contribution >= 0.6 is 11.3 Å². The number of rotatable bonds is 4. The molecular formula is C19H10FN5O2S. The molecule has 1 aromatic carbocycles. The first kappa shape index (κ1) is 17.5. The Hall–Kier alpha value is -3.90. The first-order valence-corrected chi connectivity index (χ1v) is 8.85. The number of nitrogens with one attached hydrogen (secondary N) is 1. The summed E-state index contributed by atoms with van der Waals surface area (Å²) in [6.07, 6.45) is 2.82. The number of carbonyl (C=O) groups is 1. The van der Waals surface area contributed by atoms with Crippen LogP contribution in [0.4, 0.5) is 9.52 Å². The summed E-state index contributed by atoms with van der Waals surface area (Å²) < 4.78 is 18.5. The zero-order valence-electron chi connectivity index (χ0n) is 14.1. The molecule has 0 atom stereocenters. The van der Waals surface area contributed by atoms with Crippen LogP contribution in [-0.2, 0) is 0 Å². The van der Waals surface area contributed by atoms with Crippen molar-refractivity contribution in [3.63, 3.8) is 0 Å². The van der Waals surface area contributed by atoms with Crippen molar-refractivity contribution in [2.45, 2.75) is 0 Å². The third kappa shape index (κ3) is 3.62. The molecule has 28 heavy (non-hydrogen) atoms. The van der Waals surface area contributed by atoms with Crippen LogP contribution in [0.1, 0.15) is 16.1 Å². The molecule has 0 aliphatic carbocycles. The molecule has 0 saturated heterocycles. The first-order valence-electron chi connectivity index (χ1n) is 7.97. The molecule has 0 saturated carbocycles. The molecule has 1 amide bonds. The largest absolute Gasteiger partial charge is 0.431 e. The first-order chi connectivity index (χ1) is 13.6. The Kier molecular flexibility index (Phi) is 4.62. The minimum absolute atomic E-state index is 0.000628. The van der Waals surface area contributed by atoms with Crippen molar-refractivity contribution in [2.24, 2.45) is 0 Å². The summed E-state index contributed by atoms with van der Waals surface area (Å²) in [6, 6.07) is 10.8. The fourth-order valence-electron chi connectivity index (χ4n) is 2.35. The van der Waals surface area contributed by atoms with Gasteiger partial charge in [0, 0.05) is 17.1 Å². The fourth-order valence-corrected chi connectivity index (χ4v) is 3.05. The molecule has 0 bridgehead atoms. The molecule has 9 heteroatoms. The van der Waals surface area contributed by atoms with Gasteiger partial charge in [-0.2, -0.15) is 5.26 Å². The lowest BCUT2D eigenvalue weighted by atomic mass is 10.2. The molecule has 0 spiro atoms. The maximum absolute atomic E-state index is 13.0. The van der Waals surface area contributed by atoms with Crippen LogP contribution in [0.3, 0.4) is 0 Å². The predicted molar refractivity (Wildman–Crippen MR) is 99.9 cm³/mol. The second kappa shape index (κ2) is 7.38. The van der Waals surface area contributed by atoms with Crippen LogP contribution in [0.25, 0.3) is 22.8 Å². The number of hydrogen-bond donors (Lipinski definition) is 1. The number of aromatic nitrogens is 3. The molecule has 0 aliphatic heterocycles. The van der Waals surface area contributed by atoms with Crippen molar-refractivity contribution >= 4 is 22.4 Å².